The lowest BCUT2D eigenvalue weighted by molar-refractivity contribution is -0.550. The number of hydrogen-bond acceptors (Lipinski definition) is 6. The Hall–Kier alpha value is -3.98. The number of carbonyl (C=O) groups is 2. The molecule has 0 radical (unpaired) electrons. The number of hydrogen-bond donors (Lipinski definition) is 3. The van der Waals surface area contributed by atoms with Crippen molar-refractivity contribution in [2.45, 2.75) is 12.0 Å². The zero-order chi connectivity index (χ0) is 23.0. The number of azo groups is 1. The van der Waals surface area contributed by atoms with E-state index in [2.05, 4.69) is 21.1 Å². The van der Waals surface area contributed by atoms with Gasteiger partial charge in [-0.15, -0.1) is 0 Å². The van der Waals surface area contributed by atoms with Gasteiger partial charge in [-0.2, -0.15) is 0 Å². The number of amides is 2. The molecule has 1 atom stereocenters. The normalized spacial score (nSPS) is 14.8. The van der Waals surface area contributed by atoms with E-state index in [0.29, 0.717) is 6.54 Å². The minimum atomic E-state index is -0.600. The smallest absolute Gasteiger partial charge is 0.355 e. The van der Waals surface area contributed by atoms with Crippen molar-refractivity contribution in [1.82, 2.24) is 10.9 Å². The van der Waals surface area contributed by atoms with E-state index in [0.717, 1.165) is 17.0 Å². The number of nitrogens with zero attached hydrogens (tertiary/aromatic N) is 3. The highest BCUT2D eigenvalue weighted by Crippen LogP contribution is 2.23. The molecule has 0 saturated carbocycles. The van der Waals surface area contributed by atoms with E-state index in [1.807, 2.05) is 65.2 Å². The highest BCUT2D eigenvalue weighted by atomic mass is 32.2. The number of phenolic OH excluding ortho intramolecular Hbond substituents is 1. The molecule has 3 aromatic rings. The van der Waals surface area contributed by atoms with Crippen molar-refractivity contribution in [3.8, 4) is 5.75 Å². The van der Waals surface area contributed by atoms with Crippen molar-refractivity contribution in [3.05, 3.63) is 102 Å². The Bertz CT molecular complexity index is 1200. The van der Waals surface area contributed by atoms with Crippen LogP contribution in [0.3, 0.4) is 0 Å². The quantitative estimate of drug-likeness (QED) is 0.372. The van der Waals surface area contributed by atoms with Gasteiger partial charge in [-0.1, -0.05) is 72.4 Å². The Morgan fingerprint density at radius 3 is 2.30 bits per heavy atom. The molecule has 166 valence electrons. The molecular formula is C24H22N5O3S+. The highest BCUT2D eigenvalue weighted by molar-refractivity contribution is 8.00. The average molecular weight is 461 g/mol. The lowest BCUT2D eigenvalue weighted by atomic mass is 10.2. The van der Waals surface area contributed by atoms with E-state index in [1.165, 1.54) is 23.9 Å². The number of nitrogens with one attached hydrogen (secondary N) is 2. The molecule has 2 amide bonds. The monoisotopic (exact) mass is 460 g/mol. The minimum Gasteiger partial charge on any atom is -0.507 e. The van der Waals surface area contributed by atoms with Crippen LogP contribution in [0.15, 0.2) is 95.2 Å². The van der Waals surface area contributed by atoms with Crippen LogP contribution in [-0.4, -0.2) is 38.6 Å². The van der Waals surface area contributed by atoms with Crippen LogP contribution in [0.1, 0.15) is 21.5 Å². The fourth-order valence-corrected chi connectivity index (χ4v) is 4.08. The third-order valence-corrected chi connectivity index (χ3v) is 5.92. The first kappa shape index (κ1) is 22.2. The van der Waals surface area contributed by atoms with Crippen molar-refractivity contribution < 1.29 is 19.3 Å². The van der Waals surface area contributed by atoms with Crippen LogP contribution in [0.2, 0.25) is 0 Å². The fraction of sp³-hybridized carbons (Fsp3) is 0.125. The molecule has 0 bridgehead atoms. The number of phenols is 1. The number of thioether (sulfide) groups is 1. The Balaban J connectivity index is 1.40. The molecule has 9 heteroatoms. The summed E-state index contributed by atoms with van der Waals surface area (Å²) < 4.78 is 2.04. The number of carbonyl (C=O) groups excluding carboxylic acids is 2. The molecule has 3 N–H and O–H groups in total. The molecular weight excluding hydrogens is 438 g/mol. The van der Waals surface area contributed by atoms with E-state index >= 15 is 0 Å². The van der Waals surface area contributed by atoms with Crippen LogP contribution >= 0.6 is 11.8 Å². The predicted molar refractivity (Wildman–Crippen MR) is 126 cm³/mol. The third kappa shape index (κ3) is 5.64. The molecule has 4 rings (SSSR count). The lowest BCUT2D eigenvalue weighted by Gasteiger charge is -2.12. The molecule has 1 unspecified atom stereocenters. The fourth-order valence-electron chi connectivity index (χ4n) is 3.24. The molecule has 8 nitrogen and oxygen atoms in total. The molecule has 1 aliphatic rings. The van der Waals surface area contributed by atoms with Gasteiger partial charge in [0.05, 0.1) is 22.0 Å². The van der Waals surface area contributed by atoms with Crippen LogP contribution in [0.5, 0.6) is 5.75 Å². The van der Waals surface area contributed by atoms with Crippen LogP contribution < -0.4 is 10.9 Å². The van der Waals surface area contributed by atoms with Crippen LogP contribution in [0.4, 0.5) is 0 Å². The third-order valence-electron chi connectivity index (χ3n) is 4.85. The summed E-state index contributed by atoms with van der Waals surface area (Å²) in [5, 5.41) is 18.5. The summed E-state index contributed by atoms with van der Waals surface area (Å²) in [6, 6.07) is 25.9. The Labute approximate surface area is 195 Å². The summed E-state index contributed by atoms with van der Waals surface area (Å²) >= 11 is 1.30. The first-order valence-electron chi connectivity index (χ1n) is 10.2. The van der Waals surface area contributed by atoms with Crippen molar-refractivity contribution in [2.24, 2.45) is 10.2 Å². The Morgan fingerprint density at radius 2 is 1.58 bits per heavy atom. The van der Waals surface area contributed by atoms with E-state index in [1.54, 1.807) is 12.1 Å². The maximum absolute atomic E-state index is 12.3. The van der Waals surface area contributed by atoms with Gasteiger partial charge in [0.15, 0.2) is 0 Å². The maximum atomic E-state index is 12.3. The highest BCUT2D eigenvalue weighted by Gasteiger charge is 2.33. The van der Waals surface area contributed by atoms with Crippen molar-refractivity contribution >= 4 is 29.4 Å². The molecule has 0 aromatic heterocycles. The standard InChI is InChI=1S/C24H21N5O3S/c30-20-14-8-7-13-19(20)23(32)27-25-21(31)16-33-24-28-26-22(18-11-5-2-6-12-18)29(24)15-17-9-3-1-4-10-17/h1-14,24,28H,15-16H2,(H,30,32)/p+1. The Morgan fingerprint density at radius 1 is 0.909 bits per heavy atom. The second-order valence-corrected chi connectivity index (χ2v) is 8.22. The first-order valence-corrected chi connectivity index (χ1v) is 11.3. The van der Waals surface area contributed by atoms with Gasteiger partial charge in [-0.25, -0.2) is 4.58 Å². The molecule has 0 spiro atoms. The van der Waals surface area contributed by atoms with Gasteiger partial charge in [-0.05, 0) is 34.9 Å². The zero-order valence-corrected chi connectivity index (χ0v) is 18.4. The minimum absolute atomic E-state index is 0.0537. The van der Waals surface area contributed by atoms with E-state index in [-0.39, 0.29) is 22.6 Å². The number of benzene rings is 3. The summed E-state index contributed by atoms with van der Waals surface area (Å²) in [4.78, 5) is 24.5. The first-order chi connectivity index (χ1) is 16.1. The number of hydrazine groups is 1. The SMILES string of the molecule is O=C(CSC1N=NC(c2ccccc2)=[N+]1Cc1ccccc1)NNC(=O)c1ccccc1O. The van der Waals surface area contributed by atoms with Gasteiger partial charge in [0.1, 0.15) is 12.3 Å². The summed E-state index contributed by atoms with van der Waals surface area (Å²) in [6.07, 6.45) is 0. The predicted octanol–water partition coefficient (Wildman–Crippen LogP) is 3.30. The lowest BCUT2D eigenvalue weighted by Crippen LogP contribution is -2.42. The van der Waals surface area contributed by atoms with Gasteiger partial charge >= 0.3 is 5.84 Å². The molecule has 0 fully saturated rings. The number of para-hydroxylation sites is 1. The summed E-state index contributed by atoms with van der Waals surface area (Å²) in [6.45, 7) is 0.585. The van der Waals surface area contributed by atoms with E-state index in [9.17, 15) is 14.7 Å². The second kappa shape index (κ2) is 10.6. The molecule has 0 saturated heterocycles. The number of amidine groups is 1. The van der Waals surface area contributed by atoms with Crippen molar-refractivity contribution in [3.63, 3.8) is 0 Å². The zero-order valence-electron chi connectivity index (χ0n) is 17.6. The van der Waals surface area contributed by atoms with Crippen molar-refractivity contribution in [1.29, 1.82) is 0 Å². The molecule has 0 aliphatic carbocycles. The van der Waals surface area contributed by atoms with Gasteiger partial charge in [-0.3, -0.25) is 20.4 Å². The van der Waals surface area contributed by atoms with Crippen LogP contribution in [0, 0.1) is 0 Å². The molecule has 33 heavy (non-hydrogen) atoms. The number of aromatic hydroxyl groups is 1. The summed E-state index contributed by atoms with van der Waals surface area (Å²) in [5.41, 5.74) is 6.42. The van der Waals surface area contributed by atoms with Gasteiger partial charge < -0.3 is 5.11 Å². The molecule has 1 heterocycles. The number of rotatable bonds is 7. The van der Waals surface area contributed by atoms with Crippen LogP contribution in [0.25, 0.3) is 0 Å². The van der Waals surface area contributed by atoms with Gasteiger partial charge in [0.2, 0.25) is 5.91 Å². The van der Waals surface area contributed by atoms with E-state index in [4.69, 9.17) is 0 Å². The van der Waals surface area contributed by atoms with Gasteiger partial charge in [0, 0.05) is 0 Å². The maximum Gasteiger partial charge on any atom is 0.355 e. The summed E-state index contributed by atoms with van der Waals surface area (Å²) in [5.74, 6) is -0.363. The van der Waals surface area contributed by atoms with Crippen LogP contribution in [-0.2, 0) is 11.3 Å². The molecule has 1 aliphatic heterocycles. The Kier molecular flexibility index (Phi) is 7.11. The second-order valence-electron chi connectivity index (χ2n) is 7.18. The average Bonchev–Trinajstić information content (AvgIpc) is 3.25. The van der Waals surface area contributed by atoms with Crippen molar-refractivity contribution in [2.75, 3.05) is 5.75 Å². The summed E-state index contributed by atoms with van der Waals surface area (Å²) in [7, 11) is 0. The molecule has 3 aromatic carbocycles. The van der Waals surface area contributed by atoms with Gasteiger partial charge in [0.25, 0.3) is 11.4 Å². The van der Waals surface area contributed by atoms with E-state index < -0.39 is 11.8 Å². The topological polar surface area (TPSA) is 106 Å². The largest absolute Gasteiger partial charge is 0.507 e.